The van der Waals surface area contributed by atoms with E-state index < -0.39 is 10.0 Å². The largest absolute Gasteiger partial charge is 0.497 e. The predicted octanol–water partition coefficient (Wildman–Crippen LogP) is 2.90. The third kappa shape index (κ3) is 5.48. The van der Waals surface area contributed by atoms with E-state index in [0.29, 0.717) is 12.1 Å². The molecule has 2 rings (SSSR count). The Morgan fingerprint density at radius 3 is 2.42 bits per heavy atom. The number of ether oxygens (including phenoxy) is 1. The summed E-state index contributed by atoms with van der Waals surface area (Å²) in [7, 11) is -2.06. The molecule has 0 aliphatic carbocycles. The maximum absolute atomic E-state index is 12.5. The first kappa shape index (κ1) is 20.3. The first-order valence-electron chi connectivity index (χ1n) is 7.94. The molecule has 8 heteroatoms. The number of thioether (sulfide) groups is 1. The Hall–Kier alpha value is -2.03. The molecule has 0 unspecified atom stereocenters. The van der Waals surface area contributed by atoms with Gasteiger partial charge < -0.3 is 10.1 Å². The van der Waals surface area contributed by atoms with Gasteiger partial charge in [-0.2, -0.15) is 0 Å². The molecule has 0 aliphatic heterocycles. The molecule has 0 aromatic heterocycles. The molecule has 0 bridgehead atoms. The smallest absolute Gasteiger partial charge is 0.240 e. The summed E-state index contributed by atoms with van der Waals surface area (Å²) < 4.78 is 32.7. The van der Waals surface area contributed by atoms with Crippen molar-refractivity contribution < 1.29 is 17.9 Å². The highest BCUT2D eigenvalue weighted by Crippen LogP contribution is 2.28. The summed E-state index contributed by atoms with van der Waals surface area (Å²) in [5.74, 6) is 0.510. The van der Waals surface area contributed by atoms with Crippen molar-refractivity contribution in [2.75, 3.05) is 25.2 Å². The zero-order chi connectivity index (χ0) is 19.2. The number of nitrogens with one attached hydrogen (secondary N) is 2. The lowest BCUT2D eigenvalue weighted by molar-refractivity contribution is -0.114. The number of carbonyl (C=O) groups excluding carboxylic acids is 1. The van der Waals surface area contributed by atoms with Gasteiger partial charge in [0.25, 0.3) is 0 Å². The van der Waals surface area contributed by atoms with Crippen molar-refractivity contribution in [2.24, 2.45) is 0 Å². The number of hydrogen-bond acceptors (Lipinski definition) is 5. The van der Waals surface area contributed by atoms with Gasteiger partial charge >= 0.3 is 0 Å². The Bertz CT molecular complexity index is 865. The number of amides is 1. The molecular weight excluding hydrogens is 372 g/mol. The second-order valence-electron chi connectivity index (χ2n) is 5.54. The third-order valence-corrected chi connectivity index (χ3v) is 5.91. The molecule has 2 aromatic rings. The number of hydrogen-bond donors (Lipinski definition) is 2. The van der Waals surface area contributed by atoms with Crippen LogP contribution in [0, 0.1) is 0 Å². The lowest BCUT2D eigenvalue weighted by Gasteiger charge is -2.12. The van der Waals surface area contributed by atoms with Crippen LogP contribution in [0.4, 0.5) is 5.69 Å². The van der Waals surface area contributed by atoms with Crippen LogP contribution in [-0.4, -0.2) is 34.2 Å². The molecule has 2 aromatic carbocycles. The molecule has 6 nitrogen and oxygen atoms in total. The maximum Gasteiger partial charge on any atom is 0.240 e. The Balaban J connectivity index is 2.07. The van der Waals surface area contributed by atoms with Crippen LogP contribution in [0.15, 0.2) is 52.3 Å². The first-order valence-corrected chi connectivity index (χ1v) is 10.6. The summed E-state index contributed by atoms with van der Waals surface area (Å²) in [6.07, 6.45) is 2.42. The summed E-state index contributed by atoms with van der Waals surface area (Å²) in [6, 6.07) is 12.2. The second kappa shape index (κ2) is 9.07. The fourth-order valence-corrected chi connectivity index (χ4v) is 3.94. The van der Waals surface area contributed by atoms with Gasteiger partial charge in [0.1, 0.15) is 5.75 Å². The van der Waals surface area contributed by atoms with E-state index >= 15 is 0 Å². The van der Waals surface area contributed by atoms with E-state index in [1.165, 1.54) is 30.8 Å². The number of anilines is 1. The van der Waals surface area contributed by atoms with Crippen molar-refractivity contribution in [3.8, 4) is 5.75 Å². The normalized spacial score (nSPS) is 11.2. The van der Waals surface area contributed by atoms with E-state index in [2.05, 4.69) is 10.0 Å². The topological polar surface area (TPSA) is 84.5 Å². The third-order valence-electron chi connectivity index (χ3n) is 3.66. The molecule has 0 saturated heterocycles. The van der Waals surface area contributed by atoms with Crippen molar-refractivity contribution >= 4 is 33.4 Å². The second-order valence-corrected chi connectivity index (χ2v) is 8.15. The highest BCUT2D eigenvalue weighted by Gasteiger charge is 2.16. The SMILES string of the molecule is COc1ccc(CCNS(=O)(=O)c2ccc(SC)c(NC(C)=O)c2)cc1. The molecule has 0 heterocycles. The van der Waals surface area contributed by atoms with E-state index in [9.17, 15) is 13.2 Å². The highest BCUT2D eigenvalue weighted by molar-refractivity contribution is 7.98. The average Bonchev–Trinajstić information content (AvgIpc) is 2.61. The molecule has 0 spiro atoms. The molecule has 1 amide bonds. The standard InChI is InChI=1S/C18H22N2O4S2/c1-13(21)20-17-12-16(8-9-18(17)25-3)26(22,23)19-11-10-14-4-6-15(24-2)7-5-14/h4-9,12,19H,10-11H2,1-3H3,(H,20,21). The van der Waals surface area contributed by atoms with Gasteiger partial charge in [-0.3, -0.25) is 4.79 Å². The monoisotopic (exact) mass is 394 g/mol. The van der Waals surface area contributed by atoms with Crippen LogP contribution in [0.25, 0.3) is 0 Å². The van der Waals surface area contributed by atoms with Crippen LogP contribution in [0.3, 0.4) is 0 Å². The van der Waals surface area contributed by atoms with Crippen LogP contribution in [-0.2, 0) is 21.2 Å². The Morgan fingerprint density at radius 1 is 1.15 bits per heavy atom. The van der Waals surface area contributed by atoms with Crippen molar-refractivity contribution in [3.05, 3.63) is 48.0 Å². The fraction of sp³-hybridized carbons (Fsp3) is 0.278. The lowest BCUT2D eigenvalue weighted by atomic mass is 10.1. The molecule has 2 N–H and O–H groups in total. The van der Waals surface area contributed by atoms with Crippen LogP contribution in [0.2, 0.25) is 0 Å². The zero-order valence-corrected chi connectivity index (χ0v) is 16.5. The van der Waals surface area contributed by atoms with Crippen molar-refractivity contribution in [3.63, 3.8) is 0 Å². The minimum Gasteiger partial charge on any atom is -0.497 e. The minimum absolute atomic E-state index is 0.119. The molecule has 0 aliphatic rings. The first-order chi connectivity index (χ1) is 12.4. The van der Waals surface area contributed by atoms with Crippen molar-refractivity contribution in [2.45, 2.75) is 23.1 Å². The average molecular weight is 395 g/mol. The fourth-order valence-electron chi connectivity index (χ4n) is 2.35. The molecule has 0 fully saturated rings. The van der Waals surface area contributed by atoms with Gasteiger partial charge in [0, 0.05) is 18.4 Å². The quantitative estimate of drug-likeness (QED) is 0.673. The summed E-state index contributed by atoms with van der Waals surface area (Å²) in [5, 5.41) is 2.67. The number of carbonyl (C=O) groups is 1. The minimum atomic E-state index is -3.66. The van der Waals surface area contributed by atoms with Crippen molar-refractivity contribution in [1.29, 1.82) is 0 Å². The van der Waals surface area contributed by atoms with E-state index in [1.54, 1.807) is 13.2 Å². The Labute approximate surface area is 158 Å². The lowest BCUT2D eigenvalue weighted by Crippen LogP contribution is -2.26. The molecule has 0 saturated carbocycles. The summed E-state index contributed by atoms with van der Waals surface area (Å²) in [5.41, 5.74) is 1.49. The molecular formula is C18H22N2O4S2. The van der Waals surface area contributed by atoms with Gasteiger partial charge in [-0.05, 0) is 48.6 Å². The molecule has 0 radical (unpaired) electrons. The Kier molecular flexibility index (Phi) is 7.07. The maximum atomic E-state index is 12.5. The van der Waals surface area contributed by atoms with E-state index in [-0.39, 0.29) is 17.3 Å². The van der Waals surface area contributed by atoms with E-state index in [1.807, 2.05) is 30.5 Å². The van der Waals surface area contributed by atoms with E-state index in [0.717, 1.165) is 16.2 Å². The molecule has 140 valence electrons. The predicted molar refractivity (Wildman–Crippen MR) is 104 cm³/mol. The van der Waals surface area contributed by atoms with Crippen LogP contribution in [0.1, 0.15) is 12.5 Å². The Morgan fingerprint density at radius 2 is 1.85 bits per heavy atom. The molecule has 26 heavy (non-hydrogen) atoms. The highest BCUT2D eigenvalue weighted by atomic mass is 32.2. The summed E-state index contributed by atoms with van der Waals surface area (Å²) >= 11 is 1.43. The van der Waals surface area contributed by atoms with Crippen LogP contribution in [0.5, 0.6) is 5.75 Å². The van der Waals surface area contributed by atoms with Gasteiger partial charge in [-0.1, -0.05) is 12.1 Å². The van der Waals surface area contributed by atoms with Crippen molar-refractivity contribution in [1.82, 2.24) is 4.72 Å². The number of methoxy groups -OCH3 is 1. The van der Waals surface area contributed by atoms with E-state index in [4.69, 9.17) is 4.74 Å². The van der Waals surface area contributed by atoms with Gasteiger partial charge in [-0.25, -0.2) is 13.1 Å². The number of benzene rings is 2. The molecule has 0 atom stereocenters. The summed E-state index contributed by atoms with van der Waals surface area (Å²) in [6.45, 7) is 1.66. The van der Waals surface area contributed by atoms with Gasteiger partial charge in [0.05, 0.1) is 17.7 Å². The van der Waals surface area contributed by atoms with Gasteiger partial charge in [0.15, 0.2) is 0 Å². The number of rotatable bonds is 8. The zero-order valence-electron chi connectivity index (χ0n) is 14.9. The van der Waals surface area contributed by atoms with Gasteiger partial charge in [-0.15, -0.1) is 11.8 Å². The summed E-state index contributed by atoms with van der Waals surface area (Å²) in [4.78, 5) is 12.2. The van der Waals surface area contributed by atoms with Crippen LogP contribution < -0.4 is 14.8 Å². The van der Waals surface area contributed by atoms with Gasteiger partial charge in [0.2, 0.25) is 15.9 Å². The number of sulfonamides is 1. The van der Waals surface area contributed by atoms with Crippen LogP contribution >= 0.6 is 11.8 Å².